The van der Waals surface area contributed by atoms with Crippen molar-refractivity contribution in [2.24, 2.45) is 0 Å². The predicted octanol–water partition coefficient (Wildman–Crippen LogP) is 5.45. The molecule has 1 aliphatic heterocycles. The summed E-state index contributed by atoms with van der Waals surface area (Å²) in [6.45, 7) is 0. The second kappa shape index (κ2) is 7.51. The van der Waals surface area contributed by atoms with E-state index in [9.17, 15) is 14.0 Å². The molecular formula is C23H14ClFN2O3S. The maximum atomic E-state index is 13.8. The number of nitrogens with zero attached hydrogens (tertiary/aromatic N) is 2. The third-order valence-corrected chi connectivity index (χ3v) is 6.19. The van der Waals surface area contributed by atoms with Crippen LogP contribution in [0.15, 0.2) is 74.9 Å². The van der Waals surface area contributed by atoms with Crippen LogP contribution in [0.4, 0.5) is 10.2 Å². The number of carbonyl (C=O) groups is 1. The number of pyridine rings is 1. The number of aromatic nitrogens is 1. The van der Waals surface area contributed by atoms with Gasteiger partial charge in [-0.1, -0.05) is 23.7 Å². The summed E-state index contributed by atoms with van der Waals surface area (Å²) in [7, 11) is 0. The lowest BCUT2D eigenvalue weighted by Crippen LogP contribution is -2.30. The second-order valence-corrected chi connectivity index (χ2v) is 8.32. The van der Waals surface area contributed by atoms with E-state index >= 15 is 0 Å². The van der Waals surface area contributed by atoms with Gasteiger partial charge in [-0.3, -0.25) is 14.5 Å². The number of thioether (sulfide) groups is 1. The fraction of sp³-hybridized carbons (Fsp3) is 0.0870. The molecule has 1 unspecified atom stereocenters. The zero-order valence-corrected chi connectivity index (χ0v) is 17.7. The zero-order chi connectivity index (χ0) is 21.7. The standard InChI is InChI=1S/C23H14ClFN2O3S/c1-31-15-6-2-12(3-7-15)20-19-21(28)16-10-14(25)5-8-17(16)30-22(19)23(29)27(20)18-9-4-13(24)11-26-18/h2-11,20H,1H3. The molecule has 2 aromatic heterocycles. The number of amides is 1. The third kappa shape index (κ3) is 3.21. The largest absolute Gasteiger partial charge is 0.450 e. The predicted molar refractivity (Wildman–Crippen MR) is 119 cm³/mol. The minimum atomic E-state index is -0.768. The maximum Gasteiger partial charge on any atom is 0.296 e. The van der Waals surface area contributed by atoms with Gasteiger partial charge in [0.2, 0.25) is 5.76 Å². The molecule has 0 saturated heterocycles. The van der Waals surface area contributed by atoms with Crippen LogP contribution in [-0.4, -0.2) is 17.1 Å². The second-order valence-electron chi connectivity index (χ2n) is 7.00. The summed E-state index contributed by atoms with van der Waals surface area (Å²) in [5.41, 5.74) is 0.585. The van der Waals surface area contributed by atoms with E-state index in [-0.39, 0.29) is 22.3 Å². The van der Waals surface area contributed by atoms with Crippen molar-refractivity contribution >= 4 is 46.1 Å². The van der Waals surface area contributed by atoms with Crippen LogP contribution < -0.4 is 10.3 Å². The molecule has 1 amide bonds. The highest BCUT2D eigenvalue weighted by molar-refractivity contribution is 7.98. The molecule has 1 atom stereocenters. The molecule has 0 saturated carbocycles. The van der Waals surface area contributed by atoms with Gasteiger partial charge in [-0.15, -0.1) is 11.8 Å². The van der Waals surface area contributed by atoms with Crippen LogP contribution in [0.5, 0.6) is 0 Å². The molecule has 2 aromatic carbocycles. The Bertz CT molecular complexity index is 1390. The maximum absolute atomic E-state index is 13.8. The van der Waals surface area contributed by atoms with Gasteiger partial charge in [-0.25, -0.2) is 9.37 Å². The van der Waals surface area contributed by atoms with E-state index in [1.165, 1.54) is 23.2 Å². The van der Waals surface area contributed by atoms with Gasteiger partial charge in [-0.05, 0) is 54.3 Å². The molecule has 1 aliphatic rings. The molecule has 0 fully saturated rings. The molecule has 0 radical (unpaired) electrons. The van der Waals surface area contributed by atoms with Gasteiger partial charge < -0.3 is 4.42 Å². The Balaban J connectivity index is 1.79. The number of hydrogen-bond donors (Lipinski definition) is 0. The molecule has 4 aromatic rings. The average molecular weight is 453 g/mol. The molecule has 0 N–H and O–H groups in total. The summed E-state index contributed by atoms with van der Waals surface area (Å²) in [6.07, 6.45) is 3.39. The summed E-state index contributed by atoms with van der Waals surface area (Å²) < 4.78 is 19.7. The summed E-state index contributed by atoms with van der Waals surface area (Å²) in [5, 5.41) is 0.507. The number of halogens is 2. The first-order valence-corrected chi connectivity index (χ1v) is 10.9. The van der Waals surface area contributed by atoms with Crippen molar-refractivity contribution in [1.82, 2.24) is 4.98 Å². The van der Waals surface area contributed by atoms with Crippen LogP contribution in [0, 0.1) is 5.82 Å². The van der Waals surface area contributed by atoms with E-state index < -0.39 is 23.2 Å². The Labute approximate surface area is 185 Å². The molecule has 0 spiro atoms. The van der Waals surface area contributed by atoms with E-state index in [1.807, 2.05) is 30.5 Å². The fourth-order valence-electron chi connectivity index (χ4n) is 3.79. The molecule has 31 heavy (non-hydrogen) atoms. The Morgan fingerprint density at radius 3 is 2.55 bits per heavy atom. The Morgan fingerprint density at radius 1 is 1.10 bits per heavy atom. The highest BCUT2D eigenvalue weighted by atomic mass is 35.5. The van der Waals surface area contributed by atoms with Crippen molar-refractivity contribution in [3.8, 4) is 0 Å². The first-order valence-electron chi connectivity index (χ1n) is 9.33. The van der Waals surface area contributed by atoms with E-state index in [4.69, 9.17) is 16.0 Å². The smallest absolute Gasteiger partial charge is 0.296 e. The van der Waals surface area contributed by atoms with Crippen molar-refractivity contribution in [3.05, 3.63) is 98.7 Å². The van der Waals surface area contributed by atoms with Crippen molar-refractivity contribution in [3.63, 3.8) is 0 Å². The first-order chi connectivity index (χ1) is 15.0. The lowest BCUT2D eigenvalue weighted by atomic mass is 9.98. The van der Waals surface area contributed by atoms with Crippen LogP contribution >= 0.6 is 23.4 Å². The topological polar surface area (TPSA) is 63.4 Å². The SMILES string of the molecule is CSc1ccc(C2c3c(oc4ccc(F)cc4c3=O)C(=O)N2c2ccc(Cl)cn2)cc1. The van der Waals surface area contributed by atoms with Crippen LogP contribution in [-0.2, 0) is 0 Å². The van der Waals surface area contributed by atoms with Gasteiger partial charge in [0.05, 0.1) is 22.0 Å². The normalized spacial score (nSPS) is 15.5. The molecule has 5 nitrogen and oxygen atoms in total. The summed E-state index contributed by atoms with van der Waals surface area (Å²) in [5.74, 6) is -0.789. The highest BCUT2D eigenvalue weighted by Crippen LogP contribution is 2.41. The molecular weight excluding hydrogens is 439 g/mol. The minimum Gasteiger partial charge on any atom is -0.450 e. The van der Waals surface area contributed by atoms with Crippen LogP contribution in [0.1, 0.15) is 27.7 Å². The minimum absolute atomic E-state index is 0.0696. The Kier molecular flexibility index (Phi) is 4.79. The molecule has 154 valence electrons. The quantitative estimate of drug-likeness (QED) is 0.387. The van der Waals surface area contributed by atoms with E-state index in [0.29, 0.717) is 16.4 Å². The third-order valence-electron chi connectivity index (χ3n) is 5.22. The first kappa shape index (κ1) is 19.8. The number of fused-ring (bicyclic) bond motifs is 2. The van der Waals surface area contributed by atoms with Crippen molar-refractivity contribution < 1.29 is 13.6 Å². The highest BCUT2D eigenvalue weighted by Gasteiger charge is 2.44. The summed E-state index contributed by atoms with van der Waals surface area (Å²) in [6, 6.07) is 13.7. The molecule has 0 bridgehead atoms. The van der Waals surface area contributed by atoms with Crippen molar-refractivity contribution in [1.29, 1.82) is 0 Å². The van der Waals surface area contributed by atoms with Gasteiger partial charge in [-0.2, -0.15) is 0 Å². The average Bonchev–Trinajstić information content (AvgIpc) is 3.07. The van der Waals surface area contributed by atoms with Crippen molar-refractivity contribution in [2.75, 3.05) is 11.2 Å². The van der Waals surface area contributed by atoms with Crippen LogP contribution in [0.3, 0.4) is 0 Å². The molecule has 0 aliphatic carbocycles. The number of rotatable bonds is 3. The van der Waals surface area contributed by atoms with Crippen LogP contribution in [0.2, 0.25) is 5.02 Å². The molecule has 8 heteroatoms. The van der Waals surface area contributed by atoms with E-state index in [0.717, 1.165) is 11.0 Å². The monoisotopic (exact) mass is 452 g/mol. The van der Waals surface area contributed by atoms with Gasteiger partial charge in [0.15, 0.2) is 5.43 Å². The van der Waals surface area contributed by atoms with Gasteiger partial charge >= 0.3 is 0 Å². The number of anilines is 1. The Morgan fingerprint density at radius 2 is 1.87 bits per heavy atom. The van der Waals surface area contributed by atoms with E-state index in [1.54, 1.807) is 23.9 Å². The van der Waals surface area contributed by atoms with Gasteiger partial charge in [0.25, 0.3) is 5.91 Å². The van der Waals surface area contributed by atoms with Gasteiger partial charge in [0.1, 0.15) is 17.2 Å². The molecule has 3 heterocycles. The lowest BCUT2D eigenvalue weighted by molar-refractivity contribution is 0.0970. The number of hydrogen-bond acceptors (Lipinski definition) is 5. The molecule has 5 rings (SSSR count). The number of benzene rings is 2. The summed E-state index contributed by atoms with van der Waals surface area (Å²) >= 11 is 7.55. The lowest BCUT2D eigenvalue weighted by Gasteiger charge is -2.24. The van der Waals surface area contributed by atoms with Gasteiger partial charge in [0, 0.05) is 11.1 Å². The fourth-order valence-corrected chi connectivity index (χ4v) is 4.31. The van der Waals surface area contributed by atoms with E-state index in [2.05, 4.69) is 4.98 Å². The number of carbonyl (C=O) groups excluding carboxylic acids is 1. The summed E-state index contributed by atoms with van der Waals surface area (Å²) in [4.78, 5) is 33.5. The Hall–Kier alpha value is -3.16. The zero-order valence-electron chi connectivity index (χ0n) is 16.1. The van der Waals surface area contributed by atoms with Crippen LogP contribution in [0.25, 0.3) is 11.0 Å². The van der Waals surface area contributed by atoms with Crippen molar-refractivity contribution in [2.45, 2.75) is 10.9 Å².